The summed E-state index contributed by atoms with van der Waals surface area (Å²) in [5, 5.41) is 11.4. The molecule has 0 saturated carbocycles. The Labute approximate surface area is 94.8 Å². The number of nitrogens with zero attached hydrogens (tertiary/aromatic N) is 2. The van der Waals surface area contributed by atoms with Crippen molar-refractivity contribution in [2.75, 3.05) is 19.7 Å². The van der Waals surface area contributed by atoms with E-state index in [-0.39, 0.29) is 5.41 Å². The van der Waals surface area contributed by atoms with Gasteiger partial charge in [-0.2, -0.15) is 0 Å². The largest absolute Gasteiger partial charge is 0.396 e. The number of hydrogen-bond donors (Lipinski definition) is 1. The minimum Gasteiger partial charge on any atom is -0.396 e. The number of aliphatic hydroxyl groups excluding tert-OH is 1. The highest BCUT2D eigenvalue weighted by Crippen LogP contribution is 2.30. The van der Waals surface area contributed by atoms with Crippen molar-refractivity contribution < 1.29 is 5.11 Å². The van der Waals surface area contributed by atoms with Crippen molar-refractivity contribution in [2.24, 2.45) is 5.41 Å². The molecule has 3 nitrogen and oxygen atoms in total. The molecule has 1 aromatic heterocycles. The Morgan fingerprint density at radius 2 is 2.27 bits per heavy atom. The molecule has 0 aromatic carbocycles. The van der Waals surface area contributed by atoms with Gasteiger partial charge in [-0.05, 0) is 31.3 Å². The monoisotopic (exact) mass is 226 g/mol. The van der Waals surface area contributed by atoms with Crippen molar-refractivity contribution in [3.63, 3.8) is 0 Å². The van der Waals surface area contributed by atoms with Gasteiger partial charge in [0, 0.05) is 18.5 Å². The van der Waals surface area contributed by atoms with Crippen LogP contribution in [0.2, 0.25) is 0 Å². The summed E-state index contributed by atoms with van der Waals surface area (Å²) < 4.78 is 0. The molecule has 0 unspecified atom stereocenters. The Morgan fingerprint density at radius 1 is 1.53 bits per heavy atom. The quantitative estimate of drug-likeness (QED) is 0.853. The second kappa shape index (κ2) is 4.60. The highest BCUT2D eigenvalue weighted by atomic mass is 32.1. The second-order valence-corrected chi connectivity index (χ2v) is 5.44. The Bertz CT molecular complexity index is 292. The summed E-state index contributed by atoms with van der Waals surface area (Å²) >= 11 is 1.65. The third kappa shape index (κ3) is 2.77. The molecule has 0 radical (unpaired) electrons. The van der Waals surface area contributed by atoms with Crippen LogP contribution < -0.4 is 0 Å². The van der Waals surface area contributed by atoms with Crippen molar-refractivity contribution in [1.82, 2.24) is 9.88 Å². The summed E-state index contributed by atoms with van der Waals surface area (Å²) in [5.41, 5.74) is 3.21. The van der Waals surface area contributed by atoms with E-state index in [0.717, 1.165) is 32.5 Å². The van der Waals surface area contributed by atoms with E-state index in [1.165, 1.54) is 5.69 Å². The average molecular weight is 226 g/mol. The second-order valence-electron chi connectivity index (χ2n) is 4.72. The molecule has 15 heavy (non-hydrogen) atoms. The molecule has 0 atom stereocenters. The molecule has 0 aliphatic carbocycles. The lowest BCUT2D eigenvalue weighted by Gasteiger charge is -2.37. The maximum absolute atomic E-state index is 9.26. The Morgan fingerprint density at radius 3 is 2.80 bits per heavy atom. The van der Waals surface area contributed by atoms with Gasteiger partial charge in [-0.25, -0.2) is 4.98 Å². The summed E-state index contributed by atoms with van der Waals surface area (Å²) in [4.78, 5) is 6.72. The molecular weight excluding hydrogens is 208 g/mol. The van der Waals surface area contributed by atoms with Crippen molar-refractivity contribution in [3.8, 4) is 0 Å². The molecule has 1 aromatic rings. The fourth-order valence-corrected chi connectivity index (χ4v) is 2.50. The standard InChI is InChI=1S/C11H18N2OS/c1-11(8-14)2-4-13(5-3-11)6-10-7-15-9-12-10/h7,9,14H,2-6,8H2,1H3. The Balaban J connectivity index is 1.84. The first-order chi connectivity index (χ1) is 7.22. The number of rotatable bonds is 3. The highest BCUT2D eigenvalue weighted by Gasteiger charge is 2.29. The van der Waals surface area contributed by atoms with Crippen LogP contribution in [0.25, 0.3) is 0 Å². The van der Waals surface area contributed by atoms with Gasteiger partial charge in [-0.15, -0.1) is 11.3 Å². The van der Waals surface area contributed by atoms with Gasteiger partial charge in [0.15, 0.2) is 0 Å². The van der Waals surface area contributed by atoms with Crippen LogP contribution in [0, 0.1) is 5.41 Å². The first kappa shape index (κ1) is 11.0. The van der Waals surface area contributed by atoms with Crippen molar-refractivity contribution in [2.45, 2.75) is 26.3 Å². The zero-order chi connectivity index (χ0) is 10.7. The molecule has 1 fully saturated rings. The van der Waals surface area contributed by atoms with E-state index in [2.05, 4.69) is 22.2 Å². The first-order valence-corrected chi connectivity index (χ1v) is 6.36. The van der Waals surface area contributed by atoms with Crippen molar-refractivity contribution >= 4 is 11.3 Å². The SMILES string of the molecule is CC1(CO)CCN(Cc2cscn2)CC1. The molecule has 2 rings (SSSR count). The lowest BCUT2D eigenvalue weighted by Crippen LogP contribution is -2.39. The van der Waals surface area contributed by atoms with Gasteiger partial charge >= 0.3 is 0 Å². The van der Waals surface area contributed by atoms with Crippen LogP contribution in [0.4, 0.5) is 0 Å². The summed E-state index contributed by atoms with van der Waals surface area (Å²) in [6.45, 7) is 5.61. The Kier molecular flexibility index (Phi) is 3.38. The predicted molar refractivity (Wildman–Crippen MR) is 61.8 cm³/mol. The summed E-state index contributed by atoms with van der Waals surface area (Å²) in [5.74, 6) is 0. The number of aromatic nitrogens is 1. The topological polar surface area (TPSA) is 36.4 Å². The smallest absolute Gasteiger partial charge is 0.0795 e. The van der Waals surface area contributed by atoms with Crippen molar-refractivity contribution in [1.29, 1.82) is 0 Å². The van der Waals surface area contributed by atoms with Crippen LogP contribution in [0.15, 0.2) is 10.9 Å². The normalized spacial score (nSPS) is 21.7. The first-order valence-electron chi connectivity index (χ1n) is 5.42. The van der Waals surface area contributed by atoms with E-state index in [0.29, 0.717) is 6.61 Å². The van der Waals surface area contributed by atoms with Crippen LogP contribution >= 0.6 is 11.3 Å². The zero-order valence-corrected chi connectivity index (χ0v) is 9.96. The Hall–Kier alpha value is -0.450. The van der Waals surface area contributed by atoms with Crippen LogP contribution in [0.5, 0.6) is 0 Å². The van der Waals surface area contributed by atoms with Crippen molar-refractivity contribution in [3.05, 3.63) is 16.6 Å². The molecule has 1 saturated heterocycles. The van der Waals surface area contributed by atoms with E-state index in [9.17, 15) is 5.11 Å². The van der Waals surface area contributed by atoms with Gasteiger partial charge in [0.05, 0.1) is 11.2 Å². The van der Waals surface area contributed by atoms with E-state index in [4.69, 9.17) is 0 Å². The van der Waals surface area contributed by atoms with Gasteiger partial charge < -0.3 is 5.11 Å². The van der Waals surface area contributed by atoms with Crippen LogP contribution in [0.3, 0.4) is 0 Å². The summed E-state index contributed by atoms with van der Waals surface area (Å²) in [6, 6.07) is 0. The molecule has 2 heterocycles. The maximum atomic E-state index is 9.26. The molecule has 1 N–H and O–H groups in total. The van der Waals surface area contributed by atoms with Crippen LogP contribution in [-0.4, -0.2) is 34.7 Å². The van der Waals surface area contributed by atoms with E-state index < -0.39 is 0 Å². The average Bonchev–Trinajstić information content (AvgIpc) is 2.75. The molecular formula is C11H18N2OS. The number of hydrogen-bond acceptors (Lipinski definition) is 4. The lowest BCUT2D eigenvalue weighted by atomic mass is 9.81. The van der Waals surface area contributed by atoms with E-state index in [1.807, 2.05) is 5.51 Å². The van der Waals surface area contributed by atoms with Gasteiger partial charge in [0.25, 0.3) is 0 Å². The lowest BCUT2D eigenvalue weighted by molar-refractivity contribution is 0.0553. The minimum atomic E-state index is 0.151. The van der Waals surface area contributed by atoms with Gasteiger partial charge in [-0.3, -0.25) is 4.90 Å². The predicted octanol–water partition coefficient (Wildman–Crippen LogP) is 1.74. The van der Waals surface area contributed by atoms with Gasteiger partial charge in [-0.1, -0.05) is 6.92 Å². The highest BCUT2D eigenvalue weighted by molar-refractivity contribution is 7.07. The third-order valence-electron chi connectivity index (χ3n) is 3.31. The van der Waals surface area contributed by atoms with Crippen LogP contribution in [-0.2, 0) is 6.54 Å². The molecule has 1 aliphatic heterocycles. The summed E-state index contributed by atoms with van der Waals surface area (Å²) in [6.07, 6.45) is 2.18. The van der Waals surface area contributed by atoms with Gasteiger partial charge in [0.2, 0.25) is 0 Å². The molecule has 0 bridgehead atoms. The number of likely N-dealkylation sites (tertiary alicyclic amines) is 1. The third-order valence-corrected chi connectivity index (χ3v) is 3.95. The number of piperidine rings is 1. The number of aliphatic hydroxyl groups is 1. The molecule has 0 spiro atoms. The van der Waals surface area contributed by atoms with E-state index >= 15 is 0 Å². The van der Waals surface area contributed by atoms with Gasteiger partial charge in [0.1, 0.15) is 0 Å². The fraction of sp³-hybridized carbons (Fsp3) is 0.727. The van der Waals surface area contributed by atoms with Crippen LogP contribution in [0.1, 0.15) is 25.5 Å². The molecule has 1 aliphatic rings. The zero-order valence-electron chi connectivity index (χ0n) is 9.15. The molecule has 84 valence electrons. The molecule has 0 amide bonds. The minimum absolute atomic E-state index is 0.151. The van der Waals surface area contributed by atoms with E-state index in [1.54, 1.807) is 11.3 Å². The fourth-order valence-electron chi connectivity index (χ4n) is 1.95. The molecule has 4 heteroatoms. The number of thiazole rings is 1. The summed E-state index contributed by atoms with van der Waals surface area (Å²) in [7, 11) is 0. The maximum Gasteiger partial charge on any atom is 0.0795 e.